The predicted molar refractivity (Wildman–Crippen MR) is 75.1 cm³/mol. The molecule has 1 aromatic heterocycles. The van der Waals surface area contributed by atoms with Crippen LogP contribution in [0.25, 0.3) is 0 Å². The maximum atomic E-state index is 11.9. The zero-order valence-electron chi connectivity index (χ0n) is 8.94. The fourth-order valence-electron chi connectivity index (χ4n) is 1.44. The largest absolute Gasteiger partial charge is 0.287 e. The third kappa shape index (κ3) is 3.51. The van der Waals surface area contributed by atoms with Crippen molar-refractivity contribution in [3.63, 3.8) is 0 Å². The summed E-state index contributed by atoms with van der Waals surface area (Å²) in [6.45, 7) is 0.346. The summed E-state index contributed by atoms with van der Waals surface area (Å²) in [5.74, 6) is 0.0767. The summed E-state index contributed by atoms with van der Waals surface area (Å²) < 4.78 is 3.01. The van der Waals surface area contributed by atoms with Crippen LogP contribution >= 0.6 is 34.2 Å². The summed E-state index contributed by atoms with van der Waals surface area (Å²) in [6.07, 6.45) is 3.80. The van der Waals surface area contributed by atoms with Gasteiger partial charge in [0.05, 0.1) is 0 Å². The molecule has 0 atom stereocenters. The van der Waals surface area contributed by atoms with E-state index in [1.54, 1.807) is 24.3 Å². The van der Waals surface area contributed by atoms with E-state index in [9.17, 15) is 4.79 Å². The number of halogens is 2. The zero-order chi connectivity index (χ0) is 12.3. The summed E-state index contributed by atoms with van der Waals surface area (Å²) in [5, 5.41) is 0.642. The van der Waals surface area contributed by atoms with Gasteiger partial charge >= 0.3 is 0 Å². The summed E-state index contributed by atoms with van der Waals surface area (Å²) in [7, 11) is 0. The molecule has 1 heterocycles. The fourth-order valence-corrected chi connectivity index (χ4v) is 1.89. The monoisotopic (exact) mass is 358 g/mol. The van der Waals surface area contributed by atoms with E-state index in [0.29, 0.717) is 17.1 Å². The number of pyridine rings is 1. The molecule has 0 saturated heterocycles. The van der Waals surface area contributed by atoms with Gasteiger partial charge in [-0.25, -0.2) is 0 Å². The summed E-state index contributed by atoms with van der Waals surface area (Å²) in [6, 6.07) is 10.9. The van der Waals surface area contributed by atoms with Gasteiger partial charge in [0.2, 0.25) is 12.3 Å². The van der Waals surface area contributed by atoms with Crippen LogP contribution in [-0.4, -0.2) is 5.78 Å². The fraction of sp³-hybridized carbons (Fsp3) is 0.0769. The van der Waals surface area contributed by atoms with Crippen LogP contribution in [-0.2, 0) is 6.54 Å². The summed E-state index contributed by atoms with van der Waals surface area (Å²) >= 11 is 8.01. The highest BCUT2D eigenvalue weighted by atomic mass is 127. The molecule has 0 bridgehead atoms. The van der Waals surface area contributed by atoms with Crippen LogP contribution in [0.4, 0.5) is 0 Å². The van der Waals surface area contributed by atoms with Gasteiger partial charge in [-0.3, -0.25) is 4.79 Å². The molecule has 17 heavy (non-hydrogen) atoms. The van der Waals surface area contributed by atoms with Crippen molar-refractivity contribution in [2.45, 2.75) is 6.54 Å². The van der Waals surface area contributed by atoms with Crippen molar-refractivity contribution in [1.82, 2.24) is 0 Å². The number of rotatable bonds is 3. The molecule has 0 unspecified atom stereocenters. The first-order valence-corrected chi connectivity index (χ1v) is 6.54. The van der Waals surface area contributed by atoms with Gasteiger partial charge in [0.15, 0.2) is 12.4 Å². The van der Waals surface area contributed by atoms with E-state index in [-0.39, 0.29) is 5.78 Å². The average molecular weight is 359 g/mol. The number of carbonyl (C=O) groups excluding carboxylic acids is 1. The Bertz CT molecular complexity index is 522. The van der Waals surface area contributed by atoms with E-state index in [4.69, 9.17) is 11.6 Å². The molecule has 0 radical (unpaired) electrons. The highest BCUT2D eigenvalue weighted by molar-refractivity contribution is 14.1. The maximum Gasteiger partial charge on any atom is 0.227 e. The van der Waals surface area contributed by atoms with E-state index in [1.807, 2.05) is 29.1 Å². The van der Waals surface area contributed by atoms with E-state index in [1.165, 1.54) is 0 Å². The van der Waals surface area contributed by atoms with E-state index < -0.39 is 0 Å². The predicted octanol–water partition coefficient (Wildman–Crippen LogP) is 3.12. The van der Waals surface area contributed by atoms with Gasteiger partial charge in [-0.2, -0.15) is 4.57 Å². The lowest BCUT2D eigenvalue weighted by Gasteiger charge is -1.98. The molecular formula is C13H10ClINO+. The van der Waals surface area contributed by atoms with Crippen LogP contribution in [0.1, 0.15) is 10.4 Å². The van der Waals surface area contributed by atoms with E-state index in [2.05, 4.69) is 22.6 Å². The first-order valence-electron chi connectivity index (χ1n) is 5.08. The van der Waals surface area contributed by atoms with E-state index >= 15 is 0 Å². The van der Waals surface area contributed by atoms with Crippen molar-refractivity contribution in [2.75, 3.05) is 0 Å². The molecular weight excluding hydrogens is 349 g/mol. The Morgan fingerprint density at radius 3 is 2.29 bits per heavy atom. The lowest BCUT2D eigenvalue weighted by Crippen LogP contribution is -2.37. The van der Waals surface area contributed by atoms with Gasteiger partial charge in [0.25, 0.3) is 0 Å². The second kappa shape index (κ2) is 5.60. The Morgan fingerprint density at radius 2 is 1.71 bits per heavy atom. The molecule has 0 aliphatic carbocycles. The number of Topliss-reactive ketones (excluding diaryl/α,β-unsaturated/α-hetero) is 1. The number of hydrogen-bond donors (Lipinski definition) is 0. The minimum Gasteiger partial charge on any atom is -0.287 e. The highest BCUT2D eigenvalue weighted by Gasteiger charge is 2.11. The zero-order valence-corrected chi connectivity index (χ0v) is 11.9. The molecule has 86 valence electrons. The smallest absolute Gasteiger partial charge is 0.227 e. The topological polar surface area (TPSA) is 20.9 Å². The number of nitrogens with zero attached hydrogens (tertiary/aromatic N) is 1. The molecule has 0 amide bonds. The SMILES string of the molecule is O=C(C[n+]1ccc(I)cc1)c1ccc(Cl)cc1. The molecule has 2 aromatic rings. The molecule has 0 aliphatic heterocycles. The quantitative estimate of drug-likeness (QED) is 0.469. The lowest BCUT2D eigenvalue weighted by molar-refractivity contribution is -0.683. The summed E-state index contributed by atoms with van der Waals surface area (Å²) in [4.78, 5) is 11.9. The van der Waals surface area contributed by atoms with Gasteiger partial charge in [-0.1, -0.05) is 11.6 Å². The van der Waals surface area contributed by atoms with E-state index in [0.717, 1.165) is 3.57 Å². The number of benzene rings is 1. The number of carbonyl (C=O) groups is 1. The number of aromatic nitrogens is 1. The third-order valence-corrected chi connectivity index (χ3v) is 3.31. The first kappa shape index (κ1) is 12.5. The van der Waals surface area contributed by atoms with Crippen molar-refractivity contribution in [3.8, 4) is 0 Å². The molecule has 0 spiro atoms. The van der Waals surface area contributed by atoms with Crippen LogP contribution in [0, 0.1) is 3.57 Å². The average Bonchev–Trinajstić information content (AvgIpc) is 2.33. The van der Waals surface area contributed by atoms with Crippen LogP contribution < -0.4 is 4.57 Å². The Labute approximate surface area is 118 Å². The van der Waals surface area contributed by atoms with Crippen LogP contribution in [0.2, 0.25) is 5.02 Å². The second-order valence-corrected chi connectivity index (χ2v) is 5.30. The number of hydrogen-bond acceptors (Lipinski definition) is 1. The van der Waals surface area contributed by atoms with Crippen molar-refractivity contribution >= 4 is 40.0 Å². The van der Waals surface area contributed by atoms with Crippen molar-refractivity contribution in [2.24, 2.45) is 0 Å². The Kier molecular flexibility index (Phi) is 4.12. The molecule has 1 aromatic carbocycles. The summed E-state index contributed by atoms with van der Waals surface area (Å²) in [5.41, 5.74) is 0.681. The Morgan fingerprint density at radius 1 is 1.12 bits per heavy atom. The molecule has 0 saturated carbocycles. The molecule has 2 nitrogen and oxygen atoms in total. The third-order valence-electron chi connectivity index (χ3n) is 2.34. The minimum absolute atomic E-state index is 0.0767. The standard InChI is InChI=1S/C13H10ClINO/c14-11-3-1-10(2-4-11)13(17)9-16-7-5-12(15)6-8-16/h1-8H,9H2/q+1. The molecule has 4 heteroatoms. The molecule has 2 rings (SSSR count). The van der Waals surface area contributed by atoms with Crippen LogP contribution in [0.15, 0.2) is 48.8 Å². The first-order chi connectivity index (χ1) is 8.15. The Hall–Kier alpha value is -0.940. The Balaban J connectivity index is 2.11. The lowest BCUT2D eigenvalue weighted by atomic mass is 10.1. The minimum atomic E-state index is 0.0767. The molecule has 0 N–H and O–H groups in total. The number of ketones is 1. The second-order valence-electron chi connectivity index (χ2n) is 3.62. The van der Waals surface area contributed by atoms with Crippen molar-refractivity contribution < 1.29 is 9.36 Å². The van der Waals surface area contributed by atoms with Crippen LogP contribution in [0.3, 0.4) is 0 Å². The van der Waals surface area contributed by atoms with Gasteiger partial charge in [-0.15, -0.1) is 0 Å². The van der Waals surface area contributed by atoms with Crippen LogP contribution in [0.5, 0.6) is 0 Å². The van der Waals surface area contributed by atoms with Gasteiger partial charge < -0.3 is 0 Å². The van der Waals surface area contributed by atoms with Gasteiger partial charge in [0.1, 0.15) is 0 Å². The molecule has 0 fully saturated rings. The maximum absolute atomic E-state index is 11.9. The van der Waals surface area contributed by atoms with Gasteiger partial charge in [-0.05, 0) is 46.9 Å². The normalized spacial score (nSPS) is 10.2. The highest BCUT2D eigenvalue weighted by Crippen LogP contribution is 2.10. The van der Waals surface area contributed by atoms with Crippen molar-refractivity contribution in [1.29, 1.82) is 0 Å². The van der Waals surface area contributed by atoms with Crippen molar-refractivity contribution in [3.05, 3.63) is 62.9 Å². The molecule has 0 aliphatic rings. The van der Waals surface area contributed by atoms with Gasteiger partial charge in [0, 0.05) is 26.3 Å².